The lowest BCUT2D eigenvalue weighted by Crippen LogP contribution is -2.19. The summed E-state index contributed by atoms with van der Waals surface area (Å²) in [6.45, 7) is 1.45. The van der Waals surface area contributed by atoms with Gasteiger partial charge in [-0.25, -0.2) is 9.48 Å². The van der Waals surface area contributed by atoms with Gasteiger partial charge < -0.3 is 16.4 Å². The molecule has 1 aromatic heterocycles. The number of rotatable bonds is 5. The fourth-order valence-electron chi connectivity index (χ4n) is 2.61. The molecule has 2 aromatic carbocycles. The number of benzene rings is 2. The summed E-state index contributed by atoms with van der Waals surface area (Å²) in [5.74, 6) is -0.130. The maximum atomic E-state index is 11.2. The minimum atomic E-state index is -0.773. The lowest BCUT2D eigenvalue weighted by Gasteiger charge is -2.07. The van der Waals surface area contributed by atoms with Crippen molar-refractivity contribution in [3.63, 3.8) is 0 Å². The number of anilines is 2. The Morgan fingerprint density at radius 1 is 1.07 bits per heavy atom. The van der Waals surface area contributed by atoms with Gasteiger partial charge in [-0.3, -0.25) is 9.59 Å². The van der Waals surface area contributed by atoms with Crippen molar-refractivity contribution in [2.45, 2.75) is 6.92 Å². The summed E-state index contributed by atoms with van der Waals surface area (Å²) in [5, 5.41) is 9.26. The van der Waals surface area contributed by atoms with E-state index in [0.717, 1.165) is 11.1 Å². The van der Waals surface area contributed by atoms with E-state index >= 15 is 0 Å². The third-order valence-corrected chi connectivity index (χ3v) is 3.76. The fraction of sp³-hybridized carbons (Fsp3) is 0.0526. The minimum Gasteiger partial charge on any atom is -0.351 e. The zero-order valence-electron chi connectivity index (χ0n) is 14.5. The Labute approximate surface area is 155 Å². The quantitative estimate of drug-likeness (QED) is 0.604. The van der Waals surface area contributed by atoms with Gasteiger partial charge in [-0.15, -0.1) is 0 Å². The number of aldehydes is 1. The van der Waals surface area contributed by atoms with Gasteiger partial charge in [0.25, 0.3) is 0 Å². The Balaban J connectivity index is 1.92. The lowest BCUT2D eigenvalue weighted by atomic mass is 10.0. The van der Waals surface area contributed by atoms with E-state index in [1.807, 2.05) is 48.5 Å². The molecular formula is C19H17N5O3. The molecule has 8 nitrogen and oxygen atoms in total. The molecule has 0 spiro atoms. The number of nitrogens with two attached hydrogens (primary N) is 1. The van der Waals surface area contributed by atoms with Gasteiger partial charge in [0.15, 0.2) is 6.29 Å². The molecule has 136 valence electrons. The molecule has 0 aliphatic rings. The first kappa shape index (κ1) is 17.9. The first-order chi connectivity index (χ1) is 13.0. The molecule has 0 aliphatic carbocycles. The van der Waals surface area contributed by atoms with Crippen molar-refractivity contribution < 1.29 is 14.4 Å². The highest BCUT2D eigenvalue weighted by Crippen LogP contribution is 2.24. The monoisotopic (exact) mass is 363 g/mol. The summed E-state index contributed by atoms with van der Waals surface area (Å²) < 4.78 is 1.49. The third kappa shape index (κ3) is 4.18. The molecule has 3 aromatic rings. The Morgan fingerprint density at radius 3 is 2.44 bits per heavy atom. The van der Waals surface area contributed by atoms with Gasteiger partial charge in [-0.05, 0) is 35.4 Å². The number of hydrogen-bond donors (Lipinski definition) is 3. The molecule has 0 atom stereocenters. The second-order valence-electron chi connectivity index (χ2n) is 5.79. The second kappa shape index (κ2) is 7.52. The number of nitrogens with one attached hydrogen (secondary N) is 2. The smallest absolute Gasteiger partial charge is 0.316 e. The Bertz CT molecular complexity index is 1010. The maximum Gasteiger partial charge on any atom is 0.316 e. The van der Waals surface area contributed by atoms with E-state index in [-0.39, 0.29) is 17.3 Å². The second-order valence-corrected chi connectivity index (χ2v) is 5.79. The molecule has 3 amide bonds. The SMILES string of the molecule is CC(=O)Nc1ccc(-c2cccc(-n3cc(NC(N)=O)c(C=O)n3)c2)cc1. The number of nitrogens with zero attached hydrogens (tertiary/aromatic N) is 2. The van der Waals surface area contributed by atoms with Crippen LogP contribution >= 0.6 is 0 Å². The molecule has 27 heavy (non-hydrogen) atoms. The van der Waals surface area contributed by atoms with Crippen molar-refractivity contribution >= 4 is 29.6 Å². The van der Waals surface area contributed by atoms with E-state index in [0.29, 0.717) is 17.7 Å². The number of hydrogen-bond acceptors (Lipinski definition) is 4. The average Bonchev–Trinajstić information content (AvgIpc) is 3.04. The van der Waals surface area contributed by atoms with Crippen molar-refractivity contribution in [1.82, 2.24) is 9.78 Å². The molecule has 0 saturated heterocycles. The van der Waals surface area contributed by atoms with E-state index in [1.165, 1.54) is 17.8 Å². The number of primary amides is 1. The standard InChI is InChI=1S/C19H17N5O3/c1-12(26)21-15-7-5-13(6-8-15)14-3-2-4-16(9-14)24-10-17(22-19(20)27)18(11-25)23-24/h2-11H,1H3,(H,21,26)(H3,20,22,27). The number of aromatic nitrogens is 2. The highest BCUT2D eigenvalue weighted by atomic mass is 16.2. The van der Waals surface area contributed by atoms with E-state index in [1.54, 1.807) is 0 Å². The highest BCUT2D eigenvalue weighted by Gasteiger charge is 2.11. The number of carbonyl (C=O) groups is 3. The van der Waals surface area contributed by atoms with Crippen molar-refractivity contribution in [1.29, 1.82) is 0 Å². The van der Waals surface area contributed by atoms with Crippen LogP contribution in [0.15, 0.2) is 54.7 Å². The van der Waals surface area contributed by atoms with Gasteiger partial charge in [-0.1, -0.05) is 24.3 Å². The maximum absolute atomic E-state index is 11.2. The molecule has 0 radical (unpaired) electrons. The summed E-state index contributed by atoms with van der Waals surface area (Å²) >= 11 is 0. The van der Waals surface area contributed by atoms with E-state index < -0.39 is 6.03 Å². The largest absolute Gasteiger partial charge is 0.351 e. The zero-order chi connectivity index (χ0) is 19.4. The van der Waals surface area contributed by atoms with Gasteiger partial charge in [0.2, 0.25) is 5.91 Å². The summed E-state index contributed by atoms with van der Waals surface area (Å²) in [4.78, 5) is 33.3. The summed E-state index contributed by atoms with van der Waals surface area (Å²) in [7, 11) is 0. The molecule has 1 heterocycles. The molecule has 0 aliphatic heterocycles. The lowest BCUT2D eigenvalue weighted by molar-refractivity contribution is -0.114. The van der Waals surface area contributed by atoms with E-state index in [2.05, 4.69) is 15.7 Å². The van der Waals surface area contributed by atoms with Crippen LogP contribution in [0, 0.1) is 0 Å². The van der Waals surface area contributed by atoms with Crippen LogP contribution in [-0.4, -0.2) is 28.0 Å². The van der Waals surface area contributed by atoms with E-state index in [4.69, 9.17) is 5.73 Å². The molecule has 0 unspecified atom stereocenters. The molecule has 8 heteroatoms. The van der Waals surface area contributed by atoms with Gasteiger partial charge in [0.1, 0.15) is 5.69 Å². The first-order valence-corrected chi connectivity index (χ1v) is 8.06. The number of carbonyl (C=O) groups excluding carboxylic acids is 3. The third-order valence-electron chi connectivity index (χ3n) is 3.76. The van der Waals surface area contributed by atoms with Crippen LogP contribution < -0.4 is 16.4 Å². The van der Waals surface area contributed by atoms with Crippen LogP contribution in [0.2, 0.25) is 0 Å². The molecule has 3 rings (SSSR count). The van der Waals surface area contributed by atoms with Gasteiger partial charge in [0.05, 0.1) is 17.6 Å². The average molecular weight is 363 g/mol. The van der Waals surface area contributed by atoms with Crippen molar-refractivity contribution in [3.8, 4) is 16.8 Å². The fourth-order valence-corrected chi connectivity index (χ4v) is 2.61. The summed E-state index contributed by atoms with van der Waals surface area (Å²) in [6.07, 6.45) is 2.07. The molecule has 0 fully saturated rings. The minimum absolute atomic E-state index is 0.0823. The van der Waals surface area contributed by atoms with Crippen LogP contribution in [0.3, 0.4) is 0 Å². The van der Waals surface area contributed by atoms with Crippen LogP contribution in [0.1, 0.15) is 17.4 Å². The molecular weight excluding hydrogens is 346 g/mol. The van der Waals surface area contributed by atoms with Crippen LogP contribution in [0.5, 0.6) is 0 Å². The predicted molar refractivity (Wildman–Crippen MR) is 102 cm³/mol. The topological polar surface area (TPSA) is 119 Å². The van der Waals surface area contributed by atoms with Crippen molar-refractivity contribution in [3.05, 3.63) is 60.4 Å². The van der Waals surface area contributed by atoms with Crippen LogP contribution in [-0.2, 0) is 4.79 Å². The molecule has 4 N–H and O–H groups in total. The van der Waals surface area contributed by atoms with Crippen molar-refractivity contribution in [2.24, 2.45) is 5.73 Å². The Hall–Kier alpha value is -3.94. The predicted octanol–water partition coefficient (Wildman–Crippen LogP) is 2.80. The Morgan fingerprint density at radius 2 is 1.81 bits per heavy atom. The molecule has 0 saturated carbocycles. The van der Waals surface area contributed by atoms with E-state index in [9.17, 15) is 14.4 Å². The van der Waals surface area contributed by atoms with Crippen LogP contribution in [0.25, 0.3) is 16.8 Å². The Kier molecular flexibility index (Phi) is 4.98. The van der Waals surface area contributed by atoms with Gasteiger partial charge in [0, 0.05) is 12.6 Å². The first-order valence-electron chi connectivity index (χ1n) is 8.06. The van der Waals surface area contributed by atoms with Gasteiger partial charge in [-0.2, -0.15) is 5.10 Å². The summed E-state index contributed by atoms with van der Waals surface area (Å²) in [5.41, 5.74) is 8.73. The highest BCUT2D eigenvalue weighted by molar-refractivity contribution is 5.93. The summed E-state index contributed by atoms with van der Waals surface area (Å²) in [6, 6.07) is 14.2. The number of urea groups is 1. The zero-order valence-corrected chi connectivity index (χ0v) is 14.5. The number of amides is 3. The molecule has 0 bridgehead atoms. The van der Waals surface area contributed by atoms with Gasteiger partial charge >= 0.3 is 6.03 Å². The normalized spacial score (nSPS) is 10.3. The van der Waals surface area contributed by atoms with Crippen LogP contribution in [0.4, 0.5) is 16.2 Å². The van der Waals surface area contributed by atoms with Crippen molar-refractivity contribution in [2.75, 3.05) is 10.6 Å².